The molecule has 0 unspecified atom stereocenters. The van der Waals surface area contributed by atoms with Crippen LogP contribution in [-0.2, 0) is 0 Å². The van der Waals surface area contributed by atoms with E-state index in [9.17, 15) is 0 Å². The lowest BCUT2D eigenvalue weighted by atomic mass is 9.99. The zero-order valence-electron chi connectivity index (χ0n) is 9.30. The van der Waals surface area contributed by atoms with Gasteiger partial charge in [-0.3, -0.25) is 0 Å². The molecule has 0 aliphatic rings. The Bertz CT molecular complexity index is 730. The highest BCUT2D eigenvalue weighted by atomic mass is 79.9. The number of benzene rings is 3. The molecule has 0 aromatic heterocycles. The van der Waals surface area contributed by atoms with Gasteiger partial charge in [0.15, 0.2) is 0 Å². The van der Waals surface area contributed by atoms with E-state index >= 15 is 0 Å². The van der Waals surface area contributed by atoms with Crippen molar-refractivity contribution in [1.29, 1.82) is 0 Å². The van der Waals surface area contributed by atoms with Crippen molar-refractivity contribution < 1.29 is 0 Å². The fourth-order valence-electron chi connectivity index (χ4n) is 2.29. The largest absolute Gasteiger partial charge is 0.0537 e. The van der Waals surface area contributed by atoms with Crippen LogP contribution < -0.4 is 0 Å². The summed E-state index contributed by atoms with van der Waals surface area (Å²) in [6, 6.07) is 15.2. The second kappa shape index (κ2) is 4.11. The highest BCUT2D eigenvalue weighted by Crippen LogP contribution is 2.31. The lowest BCUT2D eigenvalue weighted by Crippen LogP contribution is -1.82. The van der Waals surface area contributed by atoms with Crippen LogP contribution in [0.5, 0.6) is 0 Å². The predicted molar refractivity (Wildman–Crippen MR) is 81.6 cm³/mol. The van der Waals surface area contributed by atoms with Gasteiger partial charge in [-0.2, -0.15) is 0 Å². The van der Waals surface area contributed by atoms with E-state index in [0.29, 0.717) is 0 Å². The maximum absolute atomic E-state index is 3.57. The van der Waals surface area contributed by atoms with Crippen molar-refractivity contribution in [2.45, 2.75) is 6.92 Å². The third-order valence-electron chi connectivity index (χ3n) is 3.08. The molecule has 84 valence electrons. The number of rotatable bonds is 0. The molecule has 0 heterocycles. The molecule has 0 nitrogen and oxygen atoms in total. The minimum Gasteiger partial charge on any atom is -0.0537 e. The standard InChI is InChI=1S/C15H10Br2/c1-9-6-12(17)8-15-13(9)4-2-10-7-11(16)3-5-14(10)15/h2-8H,1H3. The van der Waals surface area contributed by atoms with Crippen molar-refractivity contribution in [2.24, 2.45) is 0 Å². The summed E-state index contributed by atoms with van der Waals surface area (Å²) in [5.74, 6) is 0. The molecule has 0 spiro atoms. The molecule has 17 heavy (non-hydrogen) atoms. The Morgan fingerprint density at radius 1 is 0.706 bits per heavy atom. The maximum Gasteiger partial charge on any atom is 0.0184 e. The molecule has 0 saturated carbocycles. The highest BCUT2D eigenvalue weighted by molar-refractivity contribution is 9.10. The van der Waals surface area contributed by atoms with Crippen molar-refractivity contribution in [3.63, 3.8) is 0 Å². The zero-order chi connectivity index (χ0) is 12.0. The molecule has 0 amide bonds. The van der Waals surface area contributed by atoms with Gasteiger partial charge in [0, 0.05) is 8.95 Å². The van der Waals surface area contributed by atoms with Gasteiger partial charge < -0.3 is 0 Å². The highest BCUT2D eigenvalue weighted by Gasteiger charge is 2.04. The average molecular weight is 350 g/mol. The van der Waals surface area contributed by atoms with Crippen LogP contribution in [0.4, 0.5) is 0 Å². The Labute approximate surface area is 117 Å². The van der Waals surface area contributed by atoms with E-state index in [1.165, 1.54) is 27.1 Å². The Hall–Kier alpha value is -0.860. The normalized spacial score (nSPS) is 11.2. The predicted octanol–water partition coefficient (Wildman–Crippen LogP) is 5.83. The molecule has 2 heteroatoms. The molecule has 0 aliphatic heterocycles. The average Bonchev–Trinajstić information content (AvgIpc) is 2.27. The molecule has 3 rings (SSSR count). The van der Waals surface area contributed by atoms with Gasteiger partial charge in [-0.15, -0.1) is 0 Å². The summed E-state index contributed by atoms with van der Waals surface area (Å²) in [7, 11) is 0. The Morgan fingerprint density at radius 2 is 1.47 bits per heavy atom. The summed E-state index contributed by atoms with van der Waals surface area (Å²) >= 11 is 7.09. The van der Waals surface area contributed by atoms with Gasteiger partial charge in [-0.05, 0) is 58.3 Å². The number of hydrogen-bond acceptors (Lipinski definition) is 0. The summed E-state index contributed by atoms with van der Waals surface area (Å²) < 4.78 is 2.26. The number of fused-ring (bicyclic) bond motifs is 3. The smallest absolute Gasteiger partial charge is 0.0184 e. The first kappa shape index (κ1) is 11.2. The zero-order valence-corrected chi connectivity index (χ0v) is 12.5. The fourth-order valence-corrected chi connectivity index (χ4v) is 3.24. The maximum atomic E-state index is 3.57. The van der Waals surface area contributed by atoms with Crippen molar-refractivity contribution in [3.05, 3.63) is 57.0 Å². The first-order valence-corrected chi connectivity index (χ1v) is 7.02. The van der Waals surface area contributed by atoms with Crippen LogP contribution in [0, 0.1) is 6.92 Å². The molecule has 0 radical (unpaired) electrons. The summed E-state index contributed by atoms with van der Waals surface area (Å²) in [6.45, 7) is 2.15. The molecular formula is C15H10Br2. The van der Waals surface area contributed by atoms with Gasteiger partial charge in [0.2, 0.25) is 0 Å². The summed E-state index contributed by atoms with van der Waals surface area (Å²) in [5.41, 5.74) is 1.30. The Morgan fingerprint density at radius 3 is 2.29 bits per heavy atom. The van der Waals surface area contributed by atoms with Crippen molar-refractivity contribution >= 4 is 53.4 Å². The van der Waals surface area contributed by atoms with E-state index < -0.39 is 0 Å². The molecule has 0 bridgehead atoms. The minimum absolute atomic E-state index is 1.12. The fraction of sp³-hybridized carbons (Fsp3) is 0.0667. The van der Waals surface area contributed by atoms with Crippen molar-refractivity contribution in [3.8, 4) is 0 Å². The van der Waals surface area contributed by atoms with Crippen LogP contribution in [0.2, 0.25) is 0 Å². The van der Waals surface area contributed by atoms with Gasteiger partial charge in [0.25, 0.3) is 0 Å². The van der Waals surface area contributed by atoms with Crippen molar-refractivity contribution in [2.75, 3.05) is 0 Å². The van der Waals surface area contributed by atoms with Crippen LogP contribution in [0.1, 0.15) is 5.56 Å². The number of halogens is 2. The van der Waals surface area contributed by atoms with Crippen LogP contribution in [0.15, 0.2) is 51.4 Å². The Balaban J connectivity index is 2.55. The van der Waals surface area contributed by atoms with Crippen molar-refractivity contribution in [1.82, 2.24) is 0 Å². The minimum atomic E-state index is 1.12. The molecule has 0 aliphatic carbocycles. The number of aryl methyl sites for hydroxylation is 1. The number of hydrogen-bond donors (Lipinski definition) is 0. The third-order valence-corrected chi connectivity index (χ3v) is 4.04. The van der Waals surface area contributed by atoms with E-state index in [4.69, 9.17) is 0 Å². The molecular weight excluding hydrogens is 340 g/mol. The van der Waals surface area contributed by atoms with E-state index in [1.54, 1.807) is 0 Å². The van der Waals surface area contributed by atoms with Gasteiger partial charge in [-0.1, -0.05) is 50.1 Å². The second-order valence-electron chi connectivity index (χ2n) is 4.25. The van der Waals surface area contributed by atoms with Gasteiger partial charge >= 0.3 is 0 Å². The second-order valence-corrected chi connectivity index (χ2v) is 6.08. The molecule has 0 atom stereocenters. The van der Waals surface area contributed by atoms with Gasteiger partial charge in [0.1, 0.15) is 0 Å². The van der Waals surface area contributed by atoms with Gasteiger partial charge in [0.05, 0.1) is 0 Å². The first-order valence-electron chi connectivity index (χ1n) is 5.43. The van der Waals surface area contributed by atoms with E-state index in [1.807, 2.05) is 0 Å². The van der Waals surface area contributed by atoms with E-state index in [0.717, 1.165) is 8.95 Å². The van der Waals surface area contributed by atoms with Crippen LogP contribution in [0.25, 0.3) is 21.5 Å². The molecule has 3 aromatic carbocycles. The molecule has 0 N–H and O–H groups in total. The quantitative estimate of drug-likeness (QED) is 0.448. The van der Waals surface area contributed by atoms with Crippen LogP contribution >= 0.6 is 31.9 Å². The van der Waals surface area contributed by atoms with E-state index in [2.05, 4.69) is 81.2 Å². The SMILES string of the molecule is Cc1cc(Br)cc2c1ccc1cc(Br)ccc12. The topological polar surface area (TPSA) is 0 Å². The summed E-state index contributed by atoms with van der Waals surface area (Å²) in [4.78, 5) is 0. The molecule has 3 aromatic rings. The van der Waals surface area contributed by atoms with Crippen LogP contribution in [0.3, 0.4) is 0 Å². The molecule has 0 fully saturated rings. The monoisotopic (exact) mass is 348 g/mol. The lowest BCUT2D eigenvalue weighted by Gasteiger charge is -2.07. The summed E-state index contributed by atoms with van der Waals surface area (Å²) in [5, 5.41) is 5.20. The third kappa shape index (κ3) is 1.90. The summed E-state index contributed by atoms with van der Waals surface area (Å²) in [6.07, 6.45) is 0. The van der Waals surface area contributed by atoms with Gasteiger partial charge in [-0.25, -0.2) is 0 Å². The Kier molecular flexibility index (Phi) is 2.72. The molecule has 0 saturated heterocycles. The van der Waals surface area contributed by atoms with E-state index in [-0.39, 0.29) is 0 Å². The first-order chi connectivity index (χ1) is 8.15. The lowest BCUT2D eigenvalue weighted by molar-refractivity contribution is 1.52. The van der Waals surface area contributed by atoms with Crippen LogP contribution in [-0.4, -0.2) is 0 Å².